The average molecular weight is 480 g/mol. The van der Waals surface area contributed by atoms with Crippen LogP contribution in [0, 0.1) is 5.92 Å². The summed E-state index contributed by atoms with van der Waals surface area (Å²) >= 11 is 0. The topological polar surface area (TPSA) is 78.9 Å². The summed E-state index contributed by atoms with van der Waals surface area (Å²) in [6.07, 6.45) is -3.81. The molecule has 1 aromatic carbocycles. The van der Waals surface area contributed by atoms with Gasteiger partial charge in [-0.15, -0.1) is 0 Å². The van der Waals surface area contributed by atoms with E-state index in [-0.39, 0.29) is 24.4 Å². The van der Waals surface area contributed by atoms with Gasteiger partial charge in [-0.2, -0.15) is 13.2 Å². The Kier molecular flexibility index (Phi) is 8.61. The highest BCUT2D eigenvalue weighted by atomic mass is 19.4. The summed E-state index contributed by atoms with van der Waals surface area (Å²) in [5, 5.41) is 0. The van der Waals surface area contributed by atoms with Gasteiger partial charge in [0.1, 0.15) is 12.7 Å². The van der Waals surface area contributed by atoms with Crippen molar-refractivity contribution in [2.45, 2.75) is 45.1 Å². The third-order valence-electron chi connectivity index (χ3n) is 5.27. The molecule has 6 nitrogen and oxygen atoms in total. The molecular weight excluding hydrogens is 453 g/mol. The molecule has 1 aliphatic rings. The fourth-order valence-electron chi connectivity index (χ4n) is 3.62. The third-order valence-corrected chi connectivity index (χ3v) is 5.27. The van der Waals surface area contributed by atoms with Crippen molar-refractivity contribution in [1.82, 2.24) is 0 Å². The van der Waals surface area contributed by atoms with Crippen molar-refractivity contribution in [3.05, 3.63) is 71.3 Å². The van der Waals surface area contributed by atoms with Gasteiger partial charge in [-0.25, -0.2) is 9.59 Å². The zero-order valence-corrected chi connectivity index (χ0v) is 19.4. The van der Waals surface area contributed by atoms with Crippen molar-refractivity contribution in [2.24, 2.45) is 5.92 Å². The lowest BCUT2D eigenvalue weighted by atomic mass is 9.91. The van der Waals surface area contributed by atoms with E-state index in [1.54, 1.807) is 20.8 Å². The maximum absolute atomic E-state index is 14.2. The summed E-state index contributed by atoms with van der Waals surface area (Å²) < 4.78 is 57.8. The third kappa shape index (κ3) is 5.83. The summed E-state index contributed by atoms with van der Waals surface area (Å²) in [6.45, 7) is 8.45. The number of halogens is 3. The number of hydrogen-bond acceptors (Lipinski definition) is 6. The van der Waals surface area contributed by atoms with Crippen molar-refractivity contribution in [3.8, 4) is 0 Å². The van der Waals surface area contributed by atoms with E-state index in [2.05, 4.69) is 6.58 Å². The number of methoxy groups -OCH3 is 1. The minimum Gasteiger partial charge on any atom is -0.462 e. The van der Waals surface area contributed by atoms with Gasteiger partial charge in [0.05, 0.1) is 5.92 Å². The highest BCUT2D eigenvalue weighted by Crippen LogP contribution is 2.43. The first-order valence-electron chi connectivity index (χ1n) is 10.4. The summed E-state index contributed by atoms with van der Waals surface area (Å²) in [7, 11) is 0.761. The second-order valence-corrected chi connectivity index (χ2v) is 8.23. The Morgan fingerprint density at radius 3 is 2.29 bits per heavy atom. The number of benzene rings is 1. The quantitative estimate of drug-likeness (QED) is 0.292. The predicted octanol–water partition coefficient (Wildman–Crippen LogP) is 4.60. The normalized spacial score (nSPS) is 19.1. The molecular formula is C25H27F3O6. The minimum absolute atomic E-state index is 0.0489. The number of carbonyl (C=O) groups is 3. The molecule has 0 N–H and O–H groups in total. The number of allylic oxidation sites excluding steroid dienone is 3. The highest BCUT2D eigenvalue weighted by Gasteiger charge is 2.64. The van der Waals surface area contributed by atoms with E-state index in [0.717, 1.165) is 24.8 Å². The van der Waals surface area contributed by atoms with Crippen LogP contribution in [0.15, 0.2) is 65.8 Å². The summed E-state index contributed by atoms with van der Waals surface area (Å²) in [6, 6.07) is 6.38. The van der Waals surface area contributed by atoms with Gasteiger partial charge < -0.3 is 14.2 Å². The number of alkyl halides is 3. The van der Waals surface area contributed by atoms with Crippen molar-refractivity contribution >= 4 is 17.7 Å². The van der Waals surface area contributed by atoms with Crippen LogP contribution in [0.1, 0.15) is 32.8 Å². The zero-order valence-electron chi connectivity index (χ0n) is 19.4. The standard InChI is InChI=1S/C25H27F3O6/c1-15(2)11-19(29)12-16(3)13-21(20-14-33-22(30)17(20)4)34-23(31)24(32-5,25(26,27)28)18-9-7-6-8-10-18/h6-11,13,20-21H,4,12,14H2,1-3,5H3/b16-13+/t20-,21+,24+/m1/s1. The van der Waals surface area contributed by atoms with E-state index < -0.39 is 41.3 Å². The van der Waals surface area contributed by atoms with Gasteiger partial charge in [0.25, 0.3) is 5.60 Å². The van der Waals surface area contributed by atoms with Crippen LogP contribution in [0.3, 0.4) is 0 Å². The number of hydrogen-bond donors (Lipinski definition) is 0. The van der Waals surface area contributed by atoms with Crippen LogP contribution in [0.5, 0.6) is 0 Å². The Balaban J connectivity index is 2.48. The van der Waals surface area contributed by atoms with Gasteiger partial charge in [-0.3, -0.25) is 4.79 Å². The lowest BCUT2D eigenvalue weighted by Crippen LogP contribution is -2.53. The Bertz CT molecular complexity index is 1010. The summed E-state index contributed by atoms with van der Waals surface area (Å²) in [5.41, 5.74) is -2.71. The molecule has 34 heavy (non-hydrogen) atoms. The van der Waals surface area contributed by atoms with Crippen molar-refractivity contribution in [2.75, 3.05) is 13.7 Å². The average Bonchev–Trinajstić information content (AvgIpc) is 3.06. The molecule has 9 heteroatoms. The second-order valence-electron chi connectivity index (χ2n) is 8.23. The number of ether oxygens (including phenoxy) is 3. The molecule has 1 aromatic rings. The van der Waals surface area contributed by atoms with E-state index in [9.17, 15) is 27.6 Å². The van der Waals surface area contributed by atoms with Crippen molar-refractivity contribution in [3.63, 3.8) is 0 Å². The van der Waals surface area contributed by atoms with Crippen LogP contribution >= 0.6 is 0 Å². The van der Waals surface area contributed by atoms with Gasteiger partial charge in [0, 0.05) is 24.7 Å². The second kappa shape index (κ2) is 10.8. The molecule has 0 aromatic heterocycles. The number of esters is 2. The largest absolute Gasteiger partial charge is 0.462 e. The molecule has 0 unspecified atom stereocenters. The molecule has 0 saturated carbocycles. The SMILES string of the molecule is C=C1C(=O)OC[C@H]1[C@H](/C=C(\C)CC(=O)C=C(C)C)OC(=O)[C@@](OC)(c1ccccc1)C(F)(F)F. The maximum Gasteiger partial charge on any atom is 0.432 e. The van der Waals surface area contributed by atoms with Crippen LogP contribution < -0.4 is 0 Å². The summed E-state index contributed by atoms with van der Waals surface area (Å²) in [5.74, 6) is -3.62. The molecule has 0 aliphatic carbocycles. The number of rotatable bonds is 9. The highest BCUT2D eigenvalue weighted by molar-refractivity contribution is 5.92. The minimum atomic E-state index is -5.16. The lowest BCUT2D eigenvalue weighted by Gasteiger charge is -2.34. The van der Waals surface area contributed by atoms with E-state index in [0.29, 0.717) is 5.57 Å². The molecule has 3 atom stereocenters. The molecule has 1 saturated heterocycles. The molecule has 0 bridgehead atoms. The first-order chi connectivity index (χ1) is 15.8. The molecule has 0 amide bonds. The van der Waals surface area contributed by atoms with E-state index >= 15 is 0 Å². The van der Waals surface area contributed by atoms with Gasteiger partial charge in [-0.1, -0.05) is 48.1 Å². The first kappa shape index (κ1) is 27.0. The van der Waals surface area contributed by atoms with Crippen LogP contribution in [0.2, 0.25) is 0 Å². The Morgan fingerprint density at radius 2 is 1.82 bits per heavy atom. The predicted molar refractivity (Wildman–Crippen MR) is 117 cm³/mol. The van der Waals surface area contributed by atoms with Crippen molar-refractivity contribution in [1.29, 1.82) is 0 Å². The first-order valence-corrected chi connectivity index (χ1v) is 10.4. The zero-order chi connectivity index (χ0) is 25.7. The van der Waals surface area contributed by atoms with Gasteiger partial charge in [-0.05, 0) is 32.9 Å². The lowest BCUT2D eigenvalue weighted by molar-refractivity contribution is -0.278. The smallest absolute Gasteiger partial charge is 0.432 e. The Hall–Kier alpha value is -3.20. The van der Waals surface area contributed by atoms with Crippen LogP contribution in [-0.2, 0) is 34.2 Å². The van der Waals surface area contributed by atoms with Crippen LogP contribution in [-0.4, -0.2) is 43.7 Å². The number of ketones is 1. The fourth-order valence-corrected chi connectivity index (χ4v) is 3.62. The van der Waals surface area contributed by atoms with Gasteiger partial charge >= 0.3 is 18.1 Å². The maximum atomic E-state index is 14.2. The molecule has 0 radical (unpaired) electrons. The van der Waals surface area contributed by atoms with E-state index in [1.165, 1.54) is 30.4 Å². The fraction of sp³-hybridized carbons (Fsp3) is 0.400. The molecule has 0 spiro atoms. The van der Waals surface area contributed by atoms with Gasteiger partial charge in [0.15, 0.2) is 5.78 Å². The molecule has 1 heterocycles. The van der Waals surface area contributed by atoms with Crippen LogP contribution in [0.4, 0.5) is 13.2 Å². The Labute approximate surface area is 196 Å². The van der Waals surface area contributed by atoms with E-state index in [4.69, 9.17) is 14.2 Å². The number of cyclic esters (lactones) is 1. The molecule has 1 fully saturated rings. The molecule has 184 valence electrons. The number of carbonyl (C=O) groups excluding carboxylic acids is 3. The van der Waals surface area contributed by atoms with Crippen molar-refractivity contribution < 1.29 is 41.8 Å². The Morgan fingerprint density at radius 1 is 1.21 bits per heavy atom. The van der Waals surface area contributed by atoms with Gasteiger partial charge in [0.2, 0.25) is 0 Å². The summed E-state index contributed by atoms with van der Waals surface area (Å²) in [4.78, 5) is 37.1. The molecule has 1 aliphatic heterocycles. The van der Waals surface area contributed by atoms with E-state index in [1.807, 2.05) is 0 Å². The monoisotopic (exact) mass is 480 g/mol. The molecule has 2 rings (SSSR count). The van der Waals surface area contributed by atoms with Crippen LogP contribution in [0.25, 0.3) is 0 Å².